The van der Waals surface area contributed by atoms with E-state index in [1.54, 1.807) is 4.90 Å². The van der Waals surface area contributed by atoms with Gasteiger partial charge < -0.3 is 15.7 Å². The van der Waals surface area contributed by atoms with Gasteiger partial charge in [0, 0.05) is 25.0 Å². The molecule has 0 spiro atoms. The molecule has 0 aromatic heterocycles. The standard InChI is InChI=1S/C22H23F3N2O2/c1-12-10-27(19(12)9-26)21(29)22(11-28)8-16(22)14-6-5-13(23)7-15(14)20-17(24)3-2-4-18(20)25/h2-7,12,16,19,28H,8-11,26H2,1H3/t12-,16?,19-,22?/m1/s1. The van der Waals surface area contributed by atoms with Gasteiger partial charge in [0.15, 0.2) is 0 Å². The van der Waals surface area contributed by atoms with Crippen LogP contribution in [0, 0.1) is 28.8 Å². The molecular formula is C22H23F3N2O2. The van der Waals surface area contributed by atoms with Crippen molar-refractivity contribution in [1.29, 1.82) is 0 Å². The Hall–Kier alpha value is -2.38. The first-order valence-corrected chi connectivity index (χ1v) is 9.70. The molecular weight excluding hydrogens is 381 g/mol. The smallest absolute Gasteiger partial charge is 0.232 e. The quantitative estimate of drug-likeness (QED) is 0.805. The van der Waals surface area contributed by atoms with E-state index in [9.17, 15) is 23.1 Å². The molecule has 1 saturated heterocycles. The van der Waals surface area contributed by atoms with E-state index in [0.717, 1.165) is 18.2 Å². The van der Waals surface area contributed by atoms with Gasteiger partial charge in [-0.25, -0.2) is 13.2 Å². The molecule has 2 aromatic carbocycles. The van der Waals surface area contributed by atoms with E-state index in [-0.39, 0.29) is 29.0 Å². The Morgan fingerprint density at radius 2 is 1.93 bits per heavy atom. The zero-order valence-corrected chi connectivity index (χ0v) is 16.0. The summed E-state index contributed by atoms with van der Waals surface area (Å²) >= 11 is 0. The van der Waals surface area contributed by atoms with Crippen LogP contribution in [0.3, 0.4) is 0 Å². The third kappa shape index (κ3) is 3.04. The normalized spacial score (nSPS) is 28.2. The second kappa shape index (κ2) is 7.15. The number of carbonyl (C=O) groups is 1. The summed E-state index contributed by atoms with van der Waals surface area (Å²) in [5.41, 5.74) is 4.90. The molecule has 7 heteroatoms. The van der Waals surface area contributed by atoms with Gasteiger partial charge >= 0.3 is 0 Å². The summed E-state index contributed by atoms with van der Waals surface area (Å²) in [7, 11) is 0. The molecule has 4 atom stereocenters. The molecule has 3 N–H and O–H groups in total. The number of hydrogen-bond acceptors (Lipinski definition) is 3. The molecule has 1 saturated carbocycles. The predicted octanol–water partition coefficient (Wildman–Crippen LogP) is 3.04. The second-order valence-corrected chi connectivity index (χ2v) is 8.14. The predicted molar refractivity (Wildman–Crippen MR) is 102 cm³/mol. The number of aliphatic hydroxyl groups is 1. The van der Waals surface area contributed by atoms with Crippen molar-refractivity contribution >= 4 is 5.91 Å². The van der Waals surface area contributed by atoms with Crippen LogP contribution in [0.25, 0.3) is 11.1 Å². The highest BCUT2D eigenvalue weighted by atomic mass is 19.1. The Labute approximate surface area is 167 Å². The van der Waals surface area contributed by atoms with Crippen LogP contribution in [0.1, 0.15) is 24.8 Å². The molecule has 2 aliphatic rings. The van der Waals surface area contributed by atoms with Crippen LogP contribution in [0.5, 0.6) is 0 Å². The zero-order valence-electron chi connectivity index (χ0n) is 16.0. The lowest BCUT2D eigenvalue weighted by molar-refractivity contribution is -0.150. The van der Waals surface area contributed by atoms with E-state index in [1.165, 1.54) is 18.2 Å². The van der Waals surface area contributed by atoms with Crippen molar-refractivity contribution in [3.63, 3.8) is 0 Å². The number of nitrogens with two attached hydrogens (primary N) is 1. The molecule has 0 radical (unpaired) electrons. The summed E-state index contributed by atoms with van der Waals surface area (Å²) < 4.78 is 42.8. The molecule has 1 heterocycles. The largest absolute Gasteiger partial charge is 0.395 e. The third-order valence-electron chi connectivity index (χ3n) is 6.45. The van der Waals surface area contributed by atoms with Crippen molar-refractivity contribution < 1.29 is 23.1 Å². The maximum absolute atomic E-state index is 14.4. The first-order valence-electron chi connectivity index (χ1n) is 9.70. The number of aliphatic hydroxyl groups excluding tert-OH is 1. The summed E-state index contributed by atoms with van der Waals surface area (Å²) in [6, 6.07) is 7.11. The van der Waals surface area contributed by atoms with Gasteiger partial charge in [-0.2, -0.15) is 0 Å². The number of hydrogen-bond donors (Lipinski definition) is 2. The molecule has 1 amide bonds. The third-order valence-corrected chi connectivity index (χ3v) is 6.45. The molecule has 0 bridgehead atoms. The first kappa shape index (κ1) is 19.9. The SMILES string of the molecule is C[C@@H]1CN(C(=O)C2(CO)CC2c2ccc(F)cc2-c2c(F)cccc2F)[C@@H]1CN. The summed E-state index contributed by atoms with van der Waals surface area (Å²) in [4.78, 5) is 14.9. The molecule has 1 aliphatic carbocycles. The van der Waals surface area contributed by atoms with Crippen LogP contribution in [0.2, 0.25) is 0 Å². The number of rotatable bonds is 5. The van der Waals surface area contributed by atoms with Gasteiger partial charge in [0.25, 0.3) is 0 Å². The van der Waals surface area contributed by atoms with Crippen molar-refractivity contribution in [3.05, 3.63) is 59.4 Å². The molecule has 2 unspecified atom stereocenters. The number of carbonyl (C=O) groups excluding carboxylic acids is 1. The molecule has 4 nitrogen and oxygen atoms in total. The van der Waals surface area contributed by atoms with Gasteiger partial charge in [0.1, 0.15) is 17.5 Å². The van der Waals surface area contributed by atoms with E-state index in [4.69, 9.17) is 5.73 Å². The fourth-order valence-electron chi connectivity index (χ4n) is 4.61. The van der Waals surface area contributed by atoms with Crippen LogP contribution in [-0.4, -0.2) is 41.7 Å². The number of halogens is 3. The maximum atomic E-state index is 14.4. The van der Waals surface area contributed by atoms with E-state index >= 15 is 0 Å². The lowest BCUT2D eigenvalue weighted by Gasteiger charge is -2.47. The van der Waals surface area contributed by atoms with Crippen LogP contribution in [-0.2, 0) is 4.79 Å². The minimum Gasteiger partial charge on any atom is -0.395 e. The van der Waals surface area contributed by atoms with Crippen molar-refractivity contribution in [2.45, 2.75) is 25.3 Å². The monoisotopic (exact) mass is 404 g/mol. The van der Waals surface area contributed by atoms with Gasteiger partial charge in [-0.3, -0.25) is 4.79 Å². The van der Waals surface area contributed by atoms with Crippen molar-refractivity contribution in [3.8, 4) is 11.1 Å². The number of amides is 1. The van der Waals surface area contributed by atoms with Crippen LogP contribution < -0.4 is 5.73 Å². The molecule has 29 heavy (non-hydrogen) atoms. The Bertz CT molecular complexity index is 947. The summed E-state index contributed by atoms with van der Waals surface area (Å²) in [6.45, 7) is 2.51. The molecule has 4 rings (SSSR count). The van der Waals surface area contributed by atoms with E-state index in [2.05, 4.69) is 0 Å². The average molecular weight is 404 g/mol. The number of likely N-dealkylation sites (tertiary alicyclic amines) is 1. The average Bonchev–Trinajstić information content (AvgIpc) is 3.42. The molecule has 1 aliphatic heterocycles. The zero-order chi connectivity index (χ0) is 20.9. The van der Waals surface area contributed by atoms with Crippen molar-refractivity contribution in [1.82, 2.24) is 4.90 Å². The fourth-order valence-corrected chi connectivity index (χ4v) is 4.61. The highest BCUT2D eigenvalue weighted by Crippen LogP contribution is 2.62. The fraction of sp³-hybridized carbons (Fsp3) is 0.409. The van der Waals surface area contributed by atoms with Gasteiger partial charge in [-0.05, 0) is 47.7 Å². The summed E-state index contributed by atoms with van der Waals surface area (Å²) in [6.07, 6.45) is 0.333. The van der Waals surface area contributed by atoms with Crippen LogP contribution in [0.4, 0.5) is 13.2 Å². The lowest BCUT2D eigenvalue weighted by Crippen LogP contribution is -2.62. The molecule has 2 fully saturated rings. The van der Waals surface area contributed by atoms with Gasteiger partial charge in [0.05, 0.1) is 17.6 Å². The van der Waals surface area contributed by atoms with Crippen molar-refractivity contribution in [2.24, 2.45) is 17.1 Å². The van der Waals surface area contributed by atoms with E-state index in [0.29, 0.717) is 25.1 Å². The maximum Gasteiger partial charge on any atom is 0.232 e. The minimum atomic E-state index is -1.07. The summed E-state index contributed by atoms with van der Waals surface area (Å²) in [5.74, 6) is -2.62. The Morgan fingerprint density at radius 3 is 2.52 bits per heavy atom. The van der Waals surface area contributed by atoms with Crippen LogP contribution in [0.15, 0.2) is 36.4 Å². The van der Waals surface area contributed by atoms with Gasteiger partial charge in [-0.15, -0.1) is 0 Å². The minimum absolute atomic E-state index is 0.0704. The topological polar surface area (TPSA) is 66.6 Å². The molecule has 2 aromatic rings. The Morgan fingerprint density at radius 1 is 1.24 bits per heavy atom. The van der Waals surface area contributed by atoms with Crippen LogP contribution >= 0.6 is 0 Å². The Balaban J connectivity index is 1.73. The molecule has 154 valence electrons. The summed E-state index contributed by atoms with van der Waals surface area (Å²) in [5, 5.41) is 10.1. The number of benzene rings is 2. The van der Waals surface area contributed by atoms with Crippen molar-refractivity contribution in [2.75, 3.05) is 19.7 Å². The number of nitrogens with zero attached hydrogens (tertiary/aromatic N) is 1. The first-order chi connectivity index (χ1) is 13.8. The highest BCUT2D eigenvalue weighted by Gasteiger charge is 2.63. The second-order valence-electron chi connectivity index (χ2n) is 8.14. The Kier molecular flexibility index (Phi) is 4.91. The van der Waals surface area contributed by atoms with E-state index in [1.807, 2.05) is 6.92 Å². The van der Waals surface area contributed by atoms with Gasteiger partial charge in [0.2, 0.25) is 5.91 Å². The van der Waals surface area contributed by atoms with E-state index < -0.39 is 35.4 Å². The lowest BCUT2D eigenvalue weighted by atomic mass is 9.86. The van der Waals surface area contributed by atoms with Gasteiger partial charge in [-0.1, -0.05) is 19.1 Å². The highest BCUT2D eigenvalue weighted by molar-refractivity contribution is 5.89.